The molecule has 1 aliphatic heterocycles. The Morgan fingerprint density at radius 2 is 1.79 bits per heavy atom. The SMILES string of the molecule is CCN1C[C@H]2CC(Sc3ccc(OC)cc3)C[C@H]2C1. The zero-order chi connectivity index (χ0) is 13.2. The summed E-state index contributed by atoms with van der Waals surface area (Å²) in [6.07, 6.45) is 2.80. The van der Waals surface area contributed by atoms with E-state index in [1.54, 1.807) is 7.11 Å². The monoisotopic (exact) mass is 277 g/mol. The number of methoxy groups -OCH3 is 1. The lowest BCUT2D eigenvalue weighted by atomic mass is 10.0. The maximum Gasteiger partial charge on any atom is 0.118 e. The van der Waals surface area contributed by atoms with Crippen molar-refractivity contribution in [1.82, 2.24) is 4.90 Å². The van der Waals surface area contributed by atoms with E-state index in [0.717, 1.165) is 22.8 Å². The summed E-state index contributed by atoms with van der Waals surface area (Å²) >= 11 is 2.06. The van der Waals surface area contributed by atoms with Crippen LogP contribution in [0.15, 0.2) is 29.2 Å². The third-order valence-corrected chi connectivity index (χ3v) is 5.86. The normalized spacial score (nSPS) is 30.5. The Balaban J connectivity index is 1.55. The van der Waals surface area contributed by atoms with Gasteiger partial charge in [0.1, 0.15) is 5.75 Å². The van der Waals surface area contributed by atoms with Gasteiger partial charge >= 0.3 is 0 Å². The van der Waals surface area contributed by atoms with Crippen molar-refractivity contribution in [2.24, 2.45) is 11.8 Å². The molecule has 3 atom stereocenters. The Morgan fingerprint density at radius 3 is 2.32 bits per heavy atom. The second-order valence-electron chi connectivity index (χ2n) is 5.76. The quantitative estimate of drug-likeness (QED) is 0.835. The lowest BCUT2D eigenvalue weighted by Crippen LogP contribution is -2.21. The first-order chi connectivity index (χ1) is 9.28. The number of likely N-dealkylation sites (tertiary alicyclic amines) is 1. The summed E-state index contributed by atoms with van der Waals surface area (Å²) in [7, 11) is 1.72. The molecule has 3 heteroatoms. The molecule has 1 saturated carbocycles. The standard InChI is InChI=1S/C16H23NOS/c1-3-17-10-12-8-16(9-13(12)11-17)19-15-6-4-14(18-2)5-7-15/h4-7,12-13,16H,3,8-11H2,1-2H3/t12-,13+,16?. The summed E-state index contributed by atoms with van der Waals surface area (Å²) in [5, 5.41) is 0.822. The van der Waals surface area contributed by atoms with Gasteiger partial charge in [0.15, 0.2) is 0 Å². The first-order valence-electron chi connectivity index (χ1n) is 7.31. The summed E-state index contributed by atoms with van der Waals surface area (Å²) in [5.74, 6) is 2.86. The number of hydrogen-bond donors (Lipinski definition) is 0. The van der Waals surface area contributed by atoms with Crippen LogP contribution in [0.1, 0.15) is 19.8 Å². The van der Waals surface area contributed by atoms with Gasteiger partial charge in [-0.25, -0.2) is 0 Å². The maximum atomic E-state index is 5.21. The van der Waals surface area contributed by atoms with Gasteiger partial charge in [0.2, 0.25) is 0 Å². The predicted octanol–water partition coefficient (Wildman–Crippen LogP) is 3.52. The smallest absolute Gasteiger partial charge is 0.118 e. The van der Waals surface area contributed by atoms with Crippen LogP contribution in [-0.2, 0) is 0 Å². The van der Waals surface area contributed by atoms with Gasteiger partial charge in [0.05, 0.1) is 7.11 Å². The topological polar surface area (TPSA) is 12.5 Å². The Morgan fingerprint density at radius 1 is 1.16 bits per heavy atom. The molecule has 0 aromatic heterocycles. The molecule has 1 aromatic rings. The van der Waals surface area contributed by atoms with E-state index in [1.807, 2.05) is 0 Å². The lowest BCUT2D eigenvalue weighted by molar-refractivity contribution is 0.329. The molecule has 0 N–H and O–H groups in total. The molecule has 2 fully saturated rings. The summed E-state index contributed by atoms with van der Waals surface area (Å²) in [5.41, 5.74) is 0. The van der Waals surface area contributed by atoms with Crippen molar-refractivity contribution in [2.45, 2.75) is 29.9 Å². The largest absolute Gasteiger partial charge is 0.497 e. The Labute approximate surface area is 120 Å². The third kappa shape index (κ3) is 2.92. The maximum absolute atomic E-state index is 5.21. The number of rotatable bonds is 4. The van der Waals surface area contributed by atoms with E-state index in [0.29, 0.717) is 0 Å². The van der Waals surface area contributed by atoms with Crippen LogP contribution in [0.5, 0.6) is 5.75 Å². The van der Waals surface area contributed by atoms with Crippen LogP contribution < -0.4 is 4.74 Å². The van der Waals surface area contributed by atoms with Crippen molar-refractivity contribution in [3.05, 3.63) is 24.3 Å². The van der Waals surface area contributed by atoms with E-state index in [-0.39, 0.29) is 0 Å². The van der Waals surface area contributed by atoms with Crippen molar-refractivity contribution in [3.8, 4) is 5.75 Å². The fourth-order valence-electron chi connectivity index (χ4n) is 3.54. The highest BCUT2D eigenvalue weighted by Gasteiger charge is 2.40. The number of benzene rings is 1. The summed E-state index contributed by atoms with van der Waals surface area (Å²) in [6, 6.07) is 8.51. The summed E-state index contributed by atoms with van der Waals surface area (Å²) in [6.45, 7) is 6.18. The van der Waals surface area contributed by atoms with Crippen molar-refractivity contribution >= 4 is 11.8 Å². The molecule has 0 bridgehead atoms. The number of ether oxygens (including phenoxy) is 1. The highest BCUT2D eigenvalue weighted by molar-refractivity contribution is 8.00. The van der Waals surface area contributed by atoms with Gasteiger partial charge in [-0.1, -0.05) is 6.92 Å². The minimum absolute atomic E-state index is 0.822. The molecular weight excluding hydrogens is 254 g/mol. The number of thioether (sulfide) groups is 1. The first kappa shape index (κ1) is 13.3. The fraction of sp³-hybridized carbons (Fsp3) is 0.625. The molecule has 1 aliphatic carbocycles. The van der Waals surface area contributed by atoms with Crippen molar-refractivity contribution in [3.63, 3.8) is 0 Å². The molecule has 1 heterocycles. The molecule has 104 valence electrons. The van der Waals surface area contributed by atoms with E-state index in [4.69, 9.17) is 4.74 Å². The first-order valence-corrected chi connectivity index (χ1v) is 8.19. The van der Waals surface area contributed by atoms with Gasteiger partial charge in [0.25, 0.3) is 0 Å². The minimum Gasteiger partial charge on any atom is -0.497 e. The van der Waals surface area contributed by atoms with Crippen LogP contribution in [-0.4, -0.2) is 36.9 Å². The highest BCUT2D eigenvalue weighted by atomic mass is 32.2. The molecule has 0 amide bonds. The molecule has 0 radical (unpaired) electrons. The highest BCUT2D eigenvalue weighted by Crippen LogP contribution is 2.45. The fourth-order valence-corrected chi connectivity index (χ4v) is 4.91. The van der Waals surface area contributed by atoms with Gasteiger partial charge in [-0.2, -0.15) is 0 Å². The molecule has 2 nitrogen and oxygen atoms in total. The van der Waals surface area contributed by atoms with Crippen molar-refractivity contribution in [1.29, 1.82) is 0 Å². The van der Waals surface area contributed by atoms with Crippen LogP contribution in [0.4, 0.5) is 0 Å². The van der Waals surface area contributed by atoms with Crippen LogP contribution in [0.25, 0.3) is 0 Å². The van der Waals surface area contributed by atoms with Crippen molar-refractivity contribution < 1.29 is 4.74 Å². The molecule has 1 aromatic carbocycles. The Bertz CT molecular complexity index is 405. The Hall–Kier alpha value is -0.670. The Kier molecular flexibility index (Phi) is 4.04. The van der Waals surface area contributed by atoms with E-state index in [9.17, 15) is 0 Å². The number of nitrogens with zero attached hydrogens (tertiary/aromatic N) is 1. The van der Waals surface area contributed by atoms with E-state index < -0.39 is 0 Å². The van der Waals surface area contributed by atoms with E-state index >= 15 is 0 Å². The zero-order valence-corrected chi connectivity index (χ0v) is 12.7. The van der Waals surface area contributed by atoms with Crippen LogP contribution in [0.2, 0.25) is 0 Å². The van der Waals surface area contributed by atoms with E-state index in [2.05, 4.69) is 47.9 Å². The number of hydrogen-bond acceptors (Lipinski definition) is 3. The van der Waals surface area contributed by atoms with Gasteiger partial charge < -0.3 is 9.64 Å². The molecule has 19 heavy (non-hydrogen) atoms. The molecule has 1 unspecified atom stereocenters. The second kappa shape index (κ2) is 5.76. The number of fused-ring (bicyclic) bond motifs is 1. The van der Waals surface area contributed by atoms with Gasteiger partial charge in [0, 0.05) is 23.2 Å². The van der Waals surface area contributed by atoms with E-state index in [1.165, 1.54) is 37.4 Å². The molecule has 2 aliphatic rings. The van der Waals surface area contributed by atoms with Crippen molar-refractivity contribution in [2.75, 3.05) is 26.7 Å². The van der Waals surface area contributed by atoms with Gasteiger partial charge in [-0.15, -0.1) is 11.8 Å². The lowest BCUT2D eigenvalue weighted by Gasteiger charge is -2.16. The average molecular weight is 277 g/mol. The van der Waals surface area contributed by atoms with Crippen LogP contribution in [0, 0.1) is 11.8 Å². The second-order valence-corrected chi connectivity index (χ2v) is 7.13. The van der Waals surface area contributed by atoms with Crippen LogP contribution >= 0.6 is 11.8 Å². The molecule has 1 saturated heterocycles. The zero-order valence-electron chi connectivity index (χ0n) is 11.8. The third-order valence-electron chi connectivity index (χ3n) is 4.59. The van der Waals surface area contributed by atoms with Gasteiger partial charge in [-0.3, -0.25) is 0 Å². The summed E-state index contributed by atoms with van der Waals surface area (Å²) < 4.78 is 5.21. The predicted molar refractivity (Wildman–Crippen MR) is 81.0 cm³/mol. The average Bonchev–Trinajstić information content (AvgIpc) is 2.97. The molecule has 3 rings (SSSR count). The summed E-state index contributed by atoms with van der Waals surface area (Å²) in [4.78, 5) is 4.00. The van der Waals surface area contributed by atoms with Gasteiger partial charge in [-0.05, 0) is 55.5 Å². The molecule has 0 spiro atoms. The minimum atomic E-state index is 0.822. The van der Waals surface area contributed by atoms with Crippen LogP contribution in [0.3, 0.4) is 0 Å². The molecular formula is C16H23NOS.